The molecule has 0 aliphatic carbocycles. The van der Waals surface area contributed by atoms with Gasteiger partial charge in [0.2, 0.25) is 5.91 Å². The number of nitrogens with zero attached hydrogens (tertiary/aromatic N) is 1. The summed E-state index contributed by atoms with van der Waals surface area (Å²) in [6.07, 6.45) is 2.22. The van der Waals surface area contributed by atoms with E-state index in [1.54, 1.807) is 0 Å². The molecule has 19 heavy (non-hydrogen) atoms. The number of likely N-dealkylation sites (tertiary alicyclic amines) is 1. The van der Waals surface area contributed by atoms with Crippen LogP contribution >= 0.6 is 0 Å². The number of rotatable bonds is 7. The third-order valence-corrected chi connectivity index (χ3v) is 4.15. The lowest BCUT2D eigenvalue weighted by Gasteiger charge is -2.21. The maximum Gasteiger partial charge on any atom is 0.237 e. The highest BCUT2D eigenvalue weighted by Gasteiger charge is 2.25. The van der Waals surface area contributed by atoms with Crippen LogP contribution in [0.4, 0.5) is 0 Å². The Bertz CT molecular complexity index is 281. The van der Waals surface area contributed by atoms with Crippen molar-refractivity contribution in [2.75, 3.05) is 19.6 Å². The summed E-state index contributed by atoms with van der Waals surface area (Å²) in [4.78, 5) is 14.4. The highest BCUT2D eigenvalue weighted by atomic mass is 16.2. The first-order chi connectivity index (χ1) is 8.93. The van der Waals surface area contributed by atoms with Gasteiger partial charge in [0.05, 0.1) is 6.04 Å². The lowest BCUT2D eigenvalue weighted by atomic mass is 10.1. The molecule has 0 spiro atoms. The van der Waals surface area contributed by atoms with Gasteiger partial charge in [-0.15, -0.1) is 0 Å². The van der Waals surface area contributed by atoms with E-state index >= 15 is 0 Å². The largest absolute Gasteiger partial charge is 0.352 e. The molecule has 3 unspecified atom stereocenters. The normalized spacial score (nSPS) is 23.6. The van der Waals surface area contributed by atoms with Crippen LogP contribution in [0.15, 0.2) is 0 Å². The first-order valence-corrected chi connectivity index (χ1v) is 7.71. The highest BCUT2D eigenvalue weighted by molar-refractivity contribution is 5.81. The molecule has 0 aromatic heterocycles. The smallest absolute Gasteiger partial charge is 0.237 e. The molecule has 1 aliphatic heterocycles. The van der Waals surface area contributed by atoms with Crippen molar-refractivity contribution in [3.63, 3.8) is 0 Å². The van der Waals surface area contributed by atoms with Gasteiger partial charge in [0, 0.05) is 18.6 Å². The first kappa shape index (κ1) is 16.4. The molecular weight excluding hydrogens is 238 g/mol. The Labute approximate surface area is 118 Å². The Morgan fingerprint density at radius 2 is 2.00 bits per heavy atom. The number of hydrogen-bond acceptors (Lipinski definition) is 3. The van der Waals surface area contributed by atoms with E-state index < -0.39 is 0 Å². The van der Waals surface area contributed by atoms with Gasteiger partial charge in [0.25, 0.3) is 0 Å². The Hall–Kier alpha value is -0.610. The summed E-state index contributed by atoms with van der Waals surface area (Å²) in [7, 11) is 0. The molecule has 4 nitrogen and oxygen atoms in total. The SMILES string of the molecule is CCC(C)NC(=O)C(C)NCC1CCN(C(C)C)C1. The molecule has 1 amide bonds. The zero-order chi connectivity index (χ0) is 14.4. The molecule has 2 N–H and O–H groups in total. The van der Waals surface area contributed by atoms with Crippen LogP contribution in [0.2, 0.25) is 0 Å². The summed E-state index contributed by atoms with van der Waals surface area (Å²) >= 11 is 0. The third kappa shape index (κ3) is 5.49. The minimum Gasteiger partial charge on any atom is -0.352 e. The lowest BCUT2D eigenvalue weighted by molar-refractivity contribution is -0.123. The second-order valence-electron chi connectivity index (χ2n) is 6.19. The summed E-state index contributed by atoms with van der Waals surface area (Å²) < 4.78 is 0. The van der Waals surface area contributed by atoms with Crippen molar-refractivity contribution in [1.29, 1.82) is 0 Å². The van der Waals surface area contributed by atoms with Crippen LogP contribution < -0.4 is 10.6 Å². The fourth-order valence-electron chi connectivity index (χ4n) is 2.40. The molecule has 4 heteroatoms. The Morgan fingerprint density at radius 3 is 2.53 bits per heavy atom. The quantitative estimate of drug-likeness (QED) is 0.738. The number of hydrogen-bond donors (Lipinski definition) is 2. The van der Waals surface area contributed by atoms with Gasteiger partial charge in [-0.1, -0.05) is 6.92 Å². The zero-order valence-corrected chi connectivity index (χ0v) is 13.2. The van der Waals surface area contributed by atoms with E-state index in [1.807, 2.05) is 13.8 Å². The number of nitrogens with one attached hydrogen (secondary N) is 2. The van der Waals surface area contributed by atoms with Crippen LogP contribution in [0.1, 0.15) is 47.5 Å². The fraction of sp³-hybridized carbons (Fsp3) is 0.933. The van der Waals surface area contributed by atoms with Crippen molar-refractivity contribution in [2.24, 2.45) is 5.92 Å². The Kier molecular flexibility index (Phi) is 6.80. The molecule has 0 aromatic carbocycles. The van der Waals surface area contributed by atoms with Gasteiger partial charge >= 0.3 is 0 Å². The fourth-order valence-corrected chi connectivity index (χ4v) is 2.40. The third-order valence-electron chi connectivity index (χ3n) is 4.15. The van der Waals surface area contributed by atoms with Crippen LogP contribution in [0.5, 0.6) is 0 Å². The van der Waals surface area contributed by atoms with Gasteiger partial charge < -0.3 is 15.5 Å². The van der Waals surface area contributed by atoms with Crippen molar-refractivity contribution >= 4 is 5.91 Å². The van der Waals surface area contributed by atoms with E-state index in [1.165, 1.54) is 13.0 Å². The van der Waals surface area contributed by atoms with Gasteiger partial charge in [-0.3, -0.25) is 4.79 Å². The Balaban J connectivity index is 2.23. The highest BCUT2D eigenvalue weighted by Crippen LogP contribution is 2.17. The van der Waals surface area contributed by atoms with Gasteiger partial charge in [-0.05, 0) is 59.5 Å². The molecule has 1 rings (SSSR count). The average Bonchev–Trinajstić information content (AvgIpc) is 2.84. The number of carbonyl (C=O) groups excluding carboxylic acids is 1. The molecule has 1 saturated heterocycles. The molecule has 3 atom stereocenters. The van der Waals surface area contributed by atoms with Crippen molar-refractivity contribution in [1.82, 2.24) is 15.5 Å². The van der Waals surface area contributed by atoms with E-state index in [-0.39, 0.29) is 18.0 Å². The van der Waals surface area contributed by atoms with E-state index in [0.29, 0.717) is 12.0 Å². The van der Waals surface area contributed by atoms with Gasteiger partial charge in [0.15, 0.2) is 0 Å². The summed E-state index contributed by atoms with van der Waals surface area (Å²) in [5.74, 6) is 0.800. The van der Waals surface area contributed by atoms with Crippen LogP contribution in [-0.4, -0.2) is 48.6 Å². The second-order valence-corrected chi connectivity index (χ2v) is 6.19. The van der Waals surface area contributed by atoms with E-state index in [4.69, 9.17) is 0 Å². The minimum atomic E-state index is -0.0953. The van der Waals surface area contributed by atoms with Gasteiger partial charge in [-0.2, -0.15) is 0 Å². The summed E-state index contributed by atoms with van der Waals surface area (Å²) in [5.41, 5.74) is 0. The molecule has 0 radical (unpaired) electrons. The number of carbonyl (C=O) groups is 1. The predicted octanol–water partition coefficient (Wildman–Crippen LogP) is 1.61. The topological polar surface area (TPSA) is 44.4 Å². The van der Waals surface area contributed by atoms with Crippen molar-refractivity contribution in [3.8, 4) is 0 Å². The van der Waals surface area contributed by atoms with Crippen molar-refractivity contribution in [2.45, 2.75) is 65.6 Å². The van der Waals surface area contributed by atoms with Crippen LogP contribution in [0.25, 0.3) is 0 Å². The molecule has 1 fully saturated rings. The van der Waals surface area contributed by atoms with Gasteiger partial charge in [-0.25, -0.2) is 0 Å². The van der Waals surface area contributed by atoms with Crippen molar-refractivity contribution in [3.05, 3.63) is 0 Å². The minimum absolute atomic E-state index is 0.0953. The summed E-state index contributed by atoms with van der Waals surface area (Å²) in [6.45, 7) is 13.9. The average molecular weight is 269 g/mol. The molecule has 0 bridgehead atoms. The summed E-state index contributed by atoms with van der Waals surface area (Å²) in [5, 5.41) is 6.39. The standard InChI is InChI=1S/C15H31N3O/c1-6-12(4)17-15(19)13(5)16-9-14-7-8-18(10-14)11(2)3/h11-14,16H,6-10H2,1-5H3,(H,17,19). The predicted molar refractivity (Wildman–Crippen MR) is 80.2 cm³/mol. The van der Waals surface area contributed by atoms with Crippen LogP contribution in [0.3, 0.4) is 0 Å². The van der Waals surface area contributed by atoms with Crippen molar-refractivity contribution < 1.29 is 4.79 Å². The van der Waals surface area contributed by atoms with Crippen LogP contribution in [0, 0.1) is 5.92 Å². The molecule has 1 aliphatic rings. The van der Waals surface area contributed by atoms with Crippen LogP contribution in [-0.2, 0) is 4.79 Å². The maximum absolute atomic E-state index is 11.9. The number of amides is 1. The molecule has 0 aromatic rings. The van der Waals surface area contributed by atoms with E-state index in [2.05, 4.69) is 36.3 Å². The molecule has 0 saturated carbocycles. The zero-order valence-electron chi connectivity index (χ0n) is 13.2. The molecule has 1 heterocycles. The van der Waals surface area contributed by atoms with Gasteiger partial charge in [0.1, 0.15) is 0 Å². The monoisotopic (exact) mass is 269 g/mol. The van der Waals surface area contributed by atoms with E-state index in [0.717, 1.165) is 19.5 Å². The summed E-state index contributed by atoms with van der Waals surface area (Å²) in [6, 6.07) is 0.804. The molecule has 112 valence electrons. The van der Waals surface area contributed by atoms with E-state index in [9.17, 15) is 4.79 Å². The first-order valence-electron chi connectivity index (χ1n) is 7.71. The maximum atomic E-state index is 11.9. The molecular formula is C15H31N3O. The Morgan fingerprint density at radius 1 is 1.32 bits per heavy atom. The second kappa shape index (κ2) is 7.85. The lowest BCUT2D eigenvalue weighted by Crippen LogP contribution is -2.46.